The van der Waals surface area contributed by atoms with E-state index < -0.39 is 29.5 Å². The second kappa shape index (κ2) is 10.4. The van der Waals surface area contributed by atoms with E-state index in [1.54, 1.807) is 45.0 Å². The highest BCUT2D eigenvalue weighted by molar-refractivity contribution is 6.30. The monoisotopic (exact) mass is 492 g/mol. The number of hydrogen-bond donors (Lipinski definition) is 2. The zero-order valence-electron chi connectivity index (χ0n) is 18.5. The lowest BCUT2D eigenvalue weighted by Gasteiger charge is -2.22. The van der Waals surface area contributed by atoms with Crippen molar-refractivity contribution in [1.82, 2.24) is 30.5 Å². The van der Waals surface area contributed by atoms with Gasteiger partial charge in [0.25, 0.3) is 5.88 Å². The number of alkyl carbamates (subject to hydrolysis) is 1. The lowest BCUT2D eigenvalue weighted by Crippen LogP contribution is -2.42. The Hall–Kier alpha value is -3.80. The minimum Gasteiger partial charge on any atom is -0.481 e. The Morgan fingerprint density at radius 2 is 1.97 bits per heavy atom. The van der Waals surface area contributed by atoms with Gasteiger partial charge in [0.2, 0.25) is 5.82 Å². The molecule has 0 bridgehead atoms. The van der Waals surface area contributed by atoms with Gasteiger partial charge in [-0.15, -0.1) is 10.2 Å². The van der Waals surface area contributed by atoms with Gasteiger partial charge in [0, 0.05) is 11.8 Å². The average Bonchev–Trinajstić information content (AvgIpc) is 3.17. The minimum absolute atomic E-state index is 0.0404. The Bertz CT molecular complexity index is 1170. The summed E-state index contributed by atoms with van der Waals surface area (Å²) in [7, 11) is 0. The molecular weight excluding hydrogens is 471 g/mol. The van der Waals surface area contributed by atoms with Gasteiger partial charge in [-0.3, -0.25) is 4.79 Å². The van der Waals surface area contributed by atoms with Crippen molar-refractivity contribution in [2.75, 3.05) is 0 Å². The van der Waals surface area contributed by atoms with Gasteiger partial charge in [-0.25, -0.2) is 14.2 Å². The van der Waals surface area contributed by atoms with Crippen LogP contribution in [-0.2, 0) is 16.1 Å². The molecule has 0 saturated carbocycles. The molecule has 2 N–H and O–H groups in total. The standard InChI is InChI=1S/C21H22ClFN6O5/c1-21(2,3)34-20(32)25-14(9-17(30)31)11-29-27-18(26-28-29)12-4-6-15(7-5-12)33-19-16(23)8-13(22)10-24-19/h4-8,10,14H,9,11H2,1-3H3,(H,25,32)(H,30,31). The van der Waals surface area contributed by atoms with E-state index in [0.717, 1.165) is 6.07 Å². The summed E-state index contributed by atoms with van der Waals surface area (Å²) in [6.07, 6.45) is 0.157. The molecule has 180 valence electrons. The van der Waals surface area contributed by atoms with Crippen molar-refractivity contribution in [2.24, 2.45) is 0 Å². The predicted octanol–water partition coefficient (Wildman–Crippen LogP) is 3.69. The molecule has 0 spiro atoms. The molecule has 13 heteroatoms. The van der Waals surface area contributed by atoms with Crippen LogP contribution in [0.25, 0.3) is 11.4 Å². The number of carboxylic acid groups (broad SMARTS) is 1. The van der Waals surface area contributed by atoms with Crippen molar-refractivity contribution in [1.29, 1.82) is 0 Å². The van der Waals surface area contributed by atoms with Crippen LogP contribution >= 0.6 is 11.6 Å². The van der Waals surface area contributed by atoms with E-state index in [0.29, 0.717) is 11.3 Å². The van der Waals surface area contributed by atoms with E-state index in [9.17, 15) is 14.0 Å². The molecule has 0 aliphatic heterocycles. The number of hydrogen-bond acceptors (Lipinski definition) is 8. The Morgan fingerprint density at radius 1 is 1.26 bits per heavy atom. The molecule has 2 heterocycles. The van der Waals surface area contributed by atoms with Gasteiger partial charge in [0.05, 0.1) is 24.0 Å². The molecule has 3 rings (SSSR count). The maximum Gasteiger partial charge on any atom is 0.407 e. The fraction of sp³-hybridized carbons (Fsp3) is 0.333. The normalized spacial score (nSPS) is 12.1. The van der Waals surface area contributed by atoms with Crippen LogP contribution in [0.3, 0.4) is 0 Å². The molecule has 0 aliphatic carbocycles. The number of ether oxygens (including phenoxy) is 2. The zero-order chi connectivity index (χ0) is 24.9. The molecule has 0 fully saturated rings. The summed E-state index contributed by atoms with van der Waals surface area (Å²) in [4.78, 5) is 28.2. The van der Waals surface area contributed by atoms with Gasteiger partial charge in [0.1, 0.15) is 11.4 Å². The number of benzene rings is 1. The van der Waals surface area contributed by atoms with E-state index in [-0.39, 0.29) is 29.7 Å². The number of nitrogens with one attached hydrogen (secondary N) is 1. The highest BCUT2D eigenvalue weighted by atomic mass is 35.5. The van der Waals surface area contributed by atoms with Crippen molar-refractivity contribution in [3.05, 3.63) is 47.4 Å². The van der Waals surface area contributed by atoms with Crippen molar-refractivity contribution in [2.45, 2.75) is 45.4 Å². The van der Waals surface area contributed by atoms with E-state index in [4.69, 9.17) is 26.2 Å². The number of carbonyl (C=O) groups is 2. The molecule has 0 saturated heterocycles. The number of tetrazole rings is 1. The number of halogens is 2. The highest BCUT2D eigenvalue weighted by Gasteiger charge is 2.22. The Labute approximate surface area is 198 Å². The van der Waals surface area contributed by atoms with E-state index in [1.165, 1.54) is 11.0 Å². The van der Waals surface area contributed by atoms with Crippen molar-refractivity contribution >= 4 is 23.7 Å². The number of amides is 1. The minimum atomic E-state index is -1.11. The van der Waals surface area contributed by atoms with Gasteiger partial charge < -0.3 is 19.9 Å². The number of aliphatic carboxylic acids is 1. The summed E-state index contributed by atoms with van der Waals surface area (Å²) >= 11 is 5.68. The summed E-state index contributed by atoms with van der Waals surface area (Å²) in [5.41, 5.74) is -0.153. The fourth-order valence-electron chi connectivity index (χ4n) is 2.74. The van der Waals surface area contributed by atoms with Crippen LogP contribution in [0.4, 0.5) is 9.18 Å². The maximum atomic E-state index is 13.9. The van der Waals surface area contributed by atoms with Crippen molar-refractivity contribution in [3.8, 4) is 23.0 Å². The first-order valence-electron chi connectivity index (χ1n) is 10.1. The number of carboxylic acids is 1. The average molecular weight is 493 g/mol. The van der Waals surface area contributed by atoms with Crippen LogP contribution in [0.1, 0.15) is 27.2 Å². The van der Waals surface area contributed by atoms with Crippen LogP contribution < -0.4 is 10.1 Å². The third-order valence-electron chi connectivity index (χ3n) is 4.08. The molecule has 11 nitrogen and oxygen atoms in total. The molecule has 1 amide bonds. The highest BCUT2D eigenvalue weighted by Crippen LogP contribution is 2.26. The summed E-state index contributed by atoms with van der Waals surface area (Å²) < 4.78 is 24.4. The molecule has 1 atom stereocenters. The third-order valence-corrected chi connectivity index (χ3v) is 4.29. The van der Waals surface area contributed by atoms with Crippen molar-refractivity contribution < 1.29 is 28.6 Å². The molecule has 2 aromatic heterocycles. The molecular formula is C21H22ClFN6O5. The largest absolute Gasteiger partial charge is 0.481 e. The predicted molar refractivity (Wildman–Crippen MR) is 118 cm³/mol. The van der Waals surface area contributed by atoms with Crippen LogP contribution in [0.2, 0.25) is 5.02 Å². The van der Waals surface area contributed by atoms with Gasteiger partial charge >= 0.3 is 12.1 Å². The van der Waals surface area contributed by atoms with Gasteiger partial charge in [-0.1, -0.05) is 11.6 Å². The smallest absolute Gasteiger partial charge is 0.407 e. The zero-order valence-corrected chi connectivity index (χ0v) is 19.3. The van der Waals surface area contributed by atoms with Crippen molar-refractivity contribution in [3.63, 3.8) is 0 Å². The van der Waals surface area contributed by atoms with Crippen LogP contribution in [0.15, 0.2) is 36.5 Å². The van der Waals surface area contributed by atoms with Crippen LogP contribution in [0.5, 0.6) is 11.6 Å². The molecule has 0 radical (unpaired) electrons. The first-order chi connectivity index (χ1) is 16.0. The van der Waals surface area contributed by atoms with Gasteiger partial charge in [-0.2, -0.15) is 4.80 Å². The Kier molecular flexibility index (Phi) is 7.61. The van der Waals surface area contributed by atoms with E-state index in [1.807, 2.05) is 0 Å². The number of nitrogens with zero attached hydrogens (tertiary/aromatic N) is 5. The second-order valence-electron chi connectivity index (χ2n) is 8.18. The molecule has 34 heavy (non-hydrogen) atoms. The number of pyridine rings is 1. The number of aromatic nitrogens is 5. The van der Waals surface area contributed by atoms with Gasteiger partial charge in [-0.05, 0) is 56.3 Å². The summed E-state index contributed by atoms with van der Waals surface area (Å²) in [5.74, 6) is -1.44. The topological polar surface area (TPSA) is 141 Å². The number of rotatable bonds is 8. The lowest BCUT2D eigenvalue weighted by molar-refractivity contribution is -0.137. The van der Waals surface area contributed by atoms with Gasteiger partial charge in [0.15, 0.2) is 5.82 Å². The summed E-state index contributed by atoms with van der Waals surface area (Å²) in [6.45, 7) is 5.05. The van der Waals surface area contributed by atoms with E-state index >= 15 is 0 Å². The van der Waals surface area contributed by atoms with E-state index in [2.05, 4.69) is 25.7 Å². The summed E-state index contributed by atoms with van der Waals surface area (Å²) in [5, 5.41) is 23.9. The maximum absolute atomic E-state index is 13.9. The molecule has 1 unspecified atom stereocenters. The summed E-state index contributed by atoms with van der Waals surface area (Å²) in [6, 6.07) is 6.69. The fourth-order valence-corrected chi connectivity index (χ4v) is 2.88. The first-order valence-corrected chi connectivity index (χ1v) is 10.4. The first kappa shape index (κ1) is 24.8. The Balaban J connectivity index is 1.66. The number of carbonyl (C=O) groups excluding carboxylic acids is 1. The van der Waals surface area contributed by atoms with Crippen LogP contribution in [-0.4, -0.2) is 54.0 Å². The van der Waals surface area contributed by atoms with Crippen LogP contribution in [0, 0.1) is 5.82 Å². The quantitative estimate of drug-likeness (QED) is 0.481. The Morgan fingerprint density at radius 3 is 2.59 bits per heavy atom. The molecule has 1 aromatic carbocycles. The lowest BCUT2D eigenvalue weighted by atomic mass is 10.2. The SMILES string of the molecule is CC(C)(C)OC(=O)NC(CC(=O)O)Cn1nnc(-c2ccc(Oc3ncc(Cl)cc3F)cc2)n1. The second-order valence-corrected chi connectivity index (χ2v) is 8.61. The third kappa shape index (κ3) is 7.37. The molecule has 0 aliphatic rings. The molecule has 3 aromatic rings.